The lowest BCUT2D eigenvalue weighted by atomic mass is 10.1. The van der Waals surface area contributed by atoms with Crippen LogP contribution in [0.3, 0.4) is 0 Å². The Morgan fingerprint density at radius 2 is 1.44 bits per heavy atom. The summed E-state index contributed by atoms with van der Waals surface area (Å²) in [5, 5.41) is 14.0. The fraction of sp³-hybridized carbons (Fsp3) is 0.333. The first-order chi connectivity index (χ1) is 17.4. The first-order valence-corrected chi connectivity index (χ1v) is 12.7. The van der Waals surface area contributed by atoms with Crippen molar-refractivity contribution in [1.29, 1.82) is 0 Å². The molecule has 10 nitrogen and oxygen atoms in total. The zero-order valence-electron chi connectivity index (χ0n) is 20.5. The van der Waals surface area contributed by atoms with E-state index in [2.05, 4.69) is 20.8 Å². The lowest BCUT2D eigenvalue weighted by Gasteiger charge is -2.10. The van der Waals surface area contributed by atoms with E-state index in [0.717, 1.165) is 11.1 Å². The van der Waals surface area contributed by atoms with Crippen molar-refractivity contribution in [2.75, 3.05) is 46.1 Å². The number of benzene rings is 2. The molecule has 0 radical (unpaired) electrons. The van der Waals surface area contributed by atoms with Crippen molar-refractivity contribution in [2.24, 2.45) is 0 Å². The van der Waals surface area contributed by atoms with Gasteiger partial charge in [0.15, 0.2) is 27.3 Å². The van der Waals surface area contributed by atoms with Crippen LogP contribution < -0.4 is 29.6 Å². The van der Waals surface area contributed by atoms with Crippen LogP contribution in [0.4, 0.5) is 5.13 Å². The molecule has 1 aromatic heterocycles. The van der Waals surface area contributed by atoms with E-state index >= 15 is 0 Å². The molecular weight excluding hydrogens is 504 g/mol. The van der Waals surface area contributed by atoms with Crippen LogP contribution in [-0.2, 0) is 22.4 Å². The molecular formula is C24H28N4O6S2. The molecule has 0 aliphatic heterocycles. The normalized spacial score (nSPS) is 10.4. The number of ether oxygens (including phenoxy) is 4. The van der Waals surface area contributed by atoms with E-state index in [-0.39, 0.29) is 24.0 Å². The molecule has 0 spiro atoms. The van der Waals surface area contributed by atoms with Crippen molar-refractivity contribution in [3.8, 4) is 23.0 Å². The van der Waals surface area contributed by atoms with Crippen LogP contribution in [-0.4, -0.2) is 62.7 Å². The Bertz CT molecular complexity index is 1190. The third-order valence-corrected chi connectivity index (χ3v) is 6.95. The van der Waals surface area contributed by atoms with Crippen LogP contribution in [0.1, 0.15) is 11.1 Å². The number of aromatic nitrogens is 2. The van der Waals surface area contributed by atoms with Crippen LogP contribution in [0, 0.1) is 0 Å². The van der Waals surface area contributed by atoms with Gasteiger partial charge >= 0.3 is 0 Å². The summed E-state index contributed by atoms with van der Waals surface area (Å²) in [5.41, 5.74) is 1.80. The lowest BCUT2D eigenvalue weighted by molar-refractivity contribution is -0.118. The van der Waals surface area contributed by atoms with E-state index in [1.54, 1.807) is 46.6 Å². The lowest BCUT2D eigenvalue weighted by Crippen LogP contribution is -2.27. The summed E-state index contributed by atoms with van der Waals surface area (Å²) in [4.78, 5) is 24.6. The molecule has 36 heavy (non-hydrogen) atoms. The van der Waals surface area contributed by atoms with Crippen LogP contribution in [0.15, 0.2) is 40.7 Å². The number of methoxy groups -OCH3 is 4. The maximum Gasteiger partial charge on any atom is 0.230 e. The number of carbonyl (C=O) groups excluding carboxylic acids is 2. The smallest absolute Gasteiger partial charge is 0.230 e. The molecule has 2 amide bonds. The van der Waals surface area contributed by atoms with E-state index in [1.165, 1.54) is 23.1 Å². The van der Waals surface area contributed by atoms with Crippen LogP contribution in [0.2, 0.25) is 0 Å². The molecule has 1 heterocycles. The van der Waals surface area contributed by atoms with Gasteiger partial charge in [-0.1, -0.05) is 35.2 Å². The molecule has 0 saturated carbocycles. The minimum atomic E-state index is -0.233. The number of anilines is 1. The minimum absolute atomic E-state index is 0.116. The van der Waals surface area contributed by atoms with E-state index in [0.29, 0.717) is 45.4 Å². The van der Waals surface area contributed by atoms with Crippen molar-refractivity contribution in [2.45, 2.75) is 17.2 Å². The van der Waals surface area contributed by atoms with Crippen LogP contribution in [0.5, 0.6) is 23.0 Å². The first-order valence-electron chi connectivity index (χ1n) is 10.9. The fourth-order valence-corrected chi connectivity index (χ4v) is 4.82. The van der Waals surface area contributed by atoms with Gasteiger partial charge in [0.1, 0.15) is 0 Å². The average Bonchev–Trinajstić information content (AvgIpc) is 3.34. The Kier molecular flexibility index (Phi) is 10.2. The Morgan fingerprint density at radius 3 is 2.08 bits per heavy atom. The van der Waals surface area contributed by atoms with Crippen LogP contribution in [0.25, 0.3) is 0 Å². The predicted molar refractivity (Wildman–Crippen MR) is 139 cm³/mol. The van der Waals surface area contributed by atoms with Crippen molar-refractivity contribution in [3.63, 3.8) is 0 Å². The second kappa shape index (κ2) is 13.5. The molecule has 0 unspecified atom stereocenters. The maximum atomic E-state index is 12.4. The monoisotopic (exact) mass is 532 g/mol. The molecule has 3 rings (SSSR count). The second-order valence-corrected chi connectivity index (χ2v) is 9.57. The van der Waals surface area contributed by atoms with Gasteiger partial charge in [0.05, 0.1) is 40.6 Å². The zero-order chi connectivity index (χ0) is 25.9. The number of thioether (sulfide) groups is 1. The highest BCUT2D eigenvalue weighted by atomic mass is 32.2. The van der Waals surface area contributed by atoms with Crippen molar-refractivity contribution in [3.05, 3.63) is 47.5 Å². The molecule has 3 aromatic rings. The van der Waals surface area contributed by atoms with Crippen LogP contribution >= 0.6 is 23.1 Å². The Balaban J connectivity index is 1.41. The summed E-state index contributed by atoms with van der Waals surface area (Å²) in [6.07, 6.45) is 0.802. The van der Waals surface area contributed by atoms with Gasteiger partial charge in [-0.05, 0) is 41.8 Å². The molecule has 0 saturated heterocycles. The largest absolute Gasteiger partial charge is 0.493 e. The summed E-state index contributed by atoms with van der Waals surface area (Å²) in [6, 6.07) is 11.0. The number of hydrogen-bond donors (Lipinski definition) is 2. The van der Waals surface area contributed by atoms with E-state index in [4.69, 9.17) is 18.9 Å². The van der Waals surface area contributed by atoms with E-state index in [9.17, 15) is 9.59 Å². The summed E-state index contributed by atoms with van der Waals surface area (Å²) in [6.45, 7) is 0.489. The van der Waals surface area contributed by atoms with E-state index in [1.807, 2.05) is 18.2 Å². The molecule has 2 aromatic carbocycles. The number of nitrogens with zero attached hydrogens (tertiary/aromatic N) is 2. The third-order valence-electron chi connectivity index (χ3n) is 4.98. The number of carbonyl (C=O) groups is 2. The molecule has 0 atom stereocenters. The SMILES string of the molecule is COc1ccc(CCNC(=O)CSc2nnc(NC(=O)Cc3ccc(OC)c(OC)c3)s2)cc1OC. The Hall–Kier alpha value is -3.51. The number of nitrogens with one attached hydrogen (secondary N) is 2. The zero-order valence-corrected chi connectivity index (χ0v) is 22.1. The summed E-state index contributed by atoms with van der Waals surface area (Å²) in [7, 11) is 6.27. The second-order valence-electron chi connectivity index (χ2n) is 7.37. The highest BCUT2D eigenvalue weighted by molar-refractivity contribution is 8.01. The number of amides is 2. The van der Waals surface area contributed by atoms with Crippen molar-refractivity contribution < 1.29 is 28.5 Å². The number of hydrogen-bond acceptors (Lipinski definition) is 10. The summed E-state index contributed by atoms with van der Waals surface area (Å²) in [5.74, 6) is 2.31. The van der Waals surface area contributed by atoms with Gasteiger partial charge in [-0.25, -0.2) is 0 Å². The van der Waals surface area contributed by atoms with Gasteiger partial charge < -0.3 is 29.6 Å². The standard InChI is InChI=1S/C24H28N4O6S2/c1-31-17-7-5-15(11-19(17)33-3)9-10-25-22(30)14-35-24-28-27-23(36-24)26-21(29)13-16-6-8-18(32-2)20(12-16)34-4/h5-8,11-12H,9-10,13-14H2,1-4H3,(H,25,30)(H,26,27,29). The Morgan fingerprint density at radius 1 is 0.833 bits per heavy atom. The van der Waals surface area contributed by atoms with Gasteiger partial charge in [0.25, 0.3) is 0 Å². The highest BCUT2D eigenvalue weighted by Gasteiger charge is 2.13. The quantitative estimate of drug-likeness (QED) is 0.252. The van der Waals surface area contributed by atoms with Gasteiger partial charge in [0, 0.05) is 6.54 Å². The van der Waals surface area contributed by atoms with Gasteiger partial charge in [0.2, 0.25) is 16.9 Å². The highest BCUT2D eigenvalue weighted by Crippen LogP contribution is 2.29. The summed E-state index contributed by atoms with van der Waals surface area (Å²) < 4.78 is 21.6. The molecule has 12 heteroatoms. The topological polar surface area (TPSA) is 121 Å². The predicted octanol–water partition coefficient (Wildman–Crippen LogP) is 3.20. The molecule has 2 N–H and O–H groups in total. The molecule has 0 aliphatic carbocycles. The maximum absolute atomic E-state index is 12.4. The van der Waals surface area contributed by atoms with Crippen molar-refractivity contribution >= 4 is 40.0 Å². The molecule has 0 bridgehead atoms. The van der Waals surface area contributed by atoms with Gasteiger partial charge in [-0.15, -0.1) is 10.2 Å². The van der Waals surface area contributed by atoms with Gasteiger partial charge in [-0.2, -0.15) is 0 Å². The average molecular weight is 533 g/mol. The third kappa shape index (κ3) is 7.75. The number of rotatable bonds is 13. The summed E-state index contributed by atoms with van der Waals surface area (Å²) >= 11 is 2.48. The van der Waals surface area contributed by atoms with Crippen molar-refractivity contribution in [1.82, 2.24) is 15.5 Å². The minimum Gasteiger partial charge on any atom is -0.493 e. The fourth-order valence-electron chi connectivity index (χ4n) is 3.22. The molecule has 0 aliphatic rings. The Labute approximate surface area is 217 Å². The van der Waals surface area contributed by atoms with E-state index < -0.39 is 0 Å². The molecule has 192 valence electrons. The van der Waals surface area contributed by atoms with Gasteiger partial charge in [-0.3, -0.25) is 9.59 Å². The first kappa shape index (κ1) is 27.1. The molecule has 0 fully saturated rings.